The second-order valence-corrected chi connectivity index (χ2v) is 3.48. The summed E-state index contributed by atoms with van der Waals surface area (Å²) in [5, 5.41) is 0.993. The quantitative estimate of drug-likeness (QED) is 0.667. The van der Waals surface area contributed by atoms with Crippen molar-refractivity contribution in [2.45, 2.75) is 0 Å². The zero-order valence-electron chi connectivity index (χ0n) is 8.20. The van der Waals surface area contributed by atoms with E-state index in [1.807, 2.05) is 38.4 Å². The van der Waals surface area contributed by atoms with Gasteiger partial charge in [-0.15, -0.1) is 0 Å². The highest BCUT2D eigenvalue weighted by Gasteiger charge is 2.09. The SMILES string of the molecule is C[NH+](C)c1cc(=O)oc2ccccc12. The molecular formula is C11H12NO2+. The molecule has 0 atom stereocenters. The molecule has 0 fully saturated rings. The van der Waals surface area contributed by atoms with Gasteiger partial charge >= 0.3 is 5.63 Å². The monoisotopic (exact) mass is 190 g/mol. The average Bonchev–Trinajstić information content (AvgIpc) is 2.16. The summed E-state index contributed by atoms with van der Waals surface area (Å²) in [6.07, 6.45) is 0. The number of quaternary nitrogens is 1. The highest BCUT2D eigenvalue weighted by molar-refractivity contribution is 5.85. The minimum absolute atomic E-state index is 0.292. The van der Waals surface area contributed by atoms with Crippen LogP contribution in [0.25, 0.3) is 11.0 Å². The molecule has 0 saturated carbocycles. The summed E-state index contributed by atoms with van der Waals surface area (Å²) < 4.78 is 5.08. The van der Waals surface area contributed by atoms with E-state index in [0.29, 0.717) is 5.58 Å². The van der Waals surface area contributed by atoms with Gasteiger partial charge in [-0.05, 0) is 12.1 Å². The minimum Gasteiger partial charge on any atom is -0.422 e. The van der Waals surface area contributed by atoms with E-state index in [1.54, 1.807) is 0 Å². The Bertz CT molecular complexity index is 514. The highest BCUT2D eigenvalue weighted by atomic mass is 16.4. The summed E-state index contributed by atoms with van der Waals surface area (Å²) in [6.45, 7) is 0. The predicted molar refractivity (Wildman–Crippen MR) is 55.0 cm³/mol. The second-order valence-electron chi connectivity index (χ2n) is 3.48. The summed E-state index contributed by atoms with van der Waals surface area (Å²) in [5.41, 5.74) is 1.33. The normalized spacial score (nSPS) is 11.1. The summed E-state index contributed by atoms with van der Waals surface area (Å²) in [6, 6.07) is 9.11. The Morgan fingerprint density at radius 1 is 1.21 bits per heavy atom. The Hall–Kier alpha value is -1.61. The van der Waals surface area contributed by atoms with Crippen molar-refractivity contribution in [2.75, 3.05) is 14.1 Å². The molecule has 1 N–H and O–H groups in total. The van der Waals surface area contributed by atoms with Crippen molar-refractivity contribution in [3.05, 3.63) is 40.8 Å². The second kappa shape index (κ2) is 3.27. The van der Waals surface area contributed by atoms with Crippen LogP contribution in [0.3, 0.4) is 0 Å². The van der Waals surface area contributed by atoms with E-state index in [4.69, 9.17) is 4.42 Å². The predicted octanol–water partition coefficient (Wildman–Crippen LogP) is 0.569. The lowest BCUT2D eigenvalue weighted by Crippen LogP contribution is -3.00. The number of benzene rings is 1. The molecule has 1 aromatic heterocycles. The van der Waals surface area contributed by atoms with Crippen molar-refractivity contribution in [1.29, 1.82) is 0 Å². The zero-order valence-corrected chi connectivity index (χ0v) is 8.20. The fourth-order valence-corrected chi connectivity index (χ4v) is 1.53. The van der Waals surface area contributed by atoms with Crippen molar-refractivity contribution in [3.8, 4) is 0 Å². The van der Waals surface area contributed by atoms with E-state index in [9.17, 15) is 4.79 Å². The van der Waals surface area contributed by atoms with E-state index < -0.39 is 0 Å². The van der Waals surface area contributed by atoms with Gasteiger partial charge in [0.15, 0.2) is 0 Å². The van der Waals surface area contributed by atoms with Crippen LogP contribution in [0.5, 0.6) is 0 Å². The number of nitrogens with one attached hydrogen (secondary N) is 1. The maximum Gasteiger partial charge on any atom is 0.342 e. The molecule has 1 heterocycles. The Labute approximate surface area is 81.6 Å². The van der Waals surface area contributed by atoms with Crippen LogP contribution in [0, 0.1) is 0 Å². The lowest BCUT2D eigenvalue weighted by Gasteiger charge is -2.07. The third-order valence-corrected chi connectivity index (χ3v) is 2.19. The molecule has 0 radical (unpaired) electrons. The smallest absolute Gasteiger partial charge is 0.342 e. The van der Waals surface area contributed by atoms with Crippen LogP contribution in [0.4, 0.5) is 5.69 Å². The van der Waals surface area contributed by atoms with Crippen LogP contribution in [-0.2, 0) is 0 Å². The van der Waals surface area contributed by atoms with Crippen LogP contribution >= 0.6 is 0 Å². The number of hydrogen-bond donors (Lipinski definition) is 1. The fraction of sp³-hybridized carbons (Fsp3) is 0.182. The van der Waals surface area contributed by atoms with E-state index in [0.717, 1.165) is 16.0 Å². The number of rotatable bonds is 1. The van der Waals surface area contributed by atoms with Gasteiger partial charge in [0.1, 0.15) is 11.3 Å². The molecule has 2 aromatic rings. The van der Waals surface area contributed by atoms with Gasteiger partial charge in [-0.25, -0.2) is 4.79 Å². The molecule has 2 rings (SSSR count). The molecule has 0 amide bonds. The topological polar surface area (TPSA) is 34.7 Å². The summed E-state index contributed by atoms with van der Waals surface area (Å²) in [7, 11) is 3.97. The van der Waals surface area contributed by atoms with Gasteiger partial charge in [0.2, 0.25) is 0 Å². The first-order valence-electron chi connectivity index (χ1n) is 4.52. The molecular weight excluding hydrogens is 178 g/mol. The van der Waals surface area contributed by atoms with Crippen LogP contribution in [0.1, 0.15) is 0 Å². The van der Waals surface area contributed by atoms with Crippen LogP contribution in [0.2, 0.25) is 0 Å². The van der Waals surface area contributed by atoms with E-state index >= 15 is 0 Å². The van der Waals surface area contributed by atoms with E-state index in [2.05, 4.69) is 0 Å². The van der Waals surface area contributed by atoms with Gasteiger partial charge in [-0.1, -0.05) is 12.1 Å². The first-order chi connectivity index (χ1) is 6.68. The van der Waals surface area contributed by atoms with Crippen molar-refractivity contribution in [3.63, 3.8) is 0 Å². The van der Waals surface area contributed by atoms with Gasteiger partial charge in [-0.2, -0.15) is 0 Å². The van der Waals surface area contributed by atoms with Gasteiger partial charge in [-0.3, -0.25) is 0 Å². The number of para-hydroxylation sites is 1. The Balaban J connectivity index is 2.87. The molecule has 0 unspecified atom stereocenters. The maximum atomic E-state index is 11.2. The molecule has 0 bridgehead atoms. The summed E-state index contributed by atoms with van der Waals surface area (Å²) in [5.74, 6) is 0. The molecule has 3 nitrogen and oxygen atoms in total. The molecule has 0 aliphatic rings. The first-order valence-corrected chi connectivity index (χ1v) is 4.52. The average molecular weight is 190 g/mol. The lowest BCUT2D eigenvalue weighted by molar-refractivity contribution is -0.785. The van der Waals surface area contributed by atoms with Crippen molar-refractivity contribution >= 4 is 16.7 Å². The molecule has 14 heavy (non-hydrogen) atoms. The standard InChI is InChI=1S/C11H11NO2/c1-12(2)9-7-11(13)14-10-6-4-3-5-8(9)10/h3-7H,1-2H3/p+1. The highest BCUT2D eigenvalue weighted by Crippen LogP contribution is 2.16. The van der Waals surface area contributed by atoms with Gasteiger partial charge < -0.3 is 9.32 Å². The maximum absolute atomic E-state index is 11.2. The number of fused-ring (bicyclic) bond motifs is 1. The minimum atomic E-state index is -0.292. The largest absolute Gasteiger partial charge is 0.422 e. The van der Waals surface area contributed by atoms with Gasteiger partial charge in [0.25, 0.3) is 0 Å². The summed E-state index contributed by atoms with van der Waals surface area (Å²) >= 11 is 0. The first kappa shape index (κ1) is 8.97. The van der Waals surface area contributed by atoms with E-state index in [-0.39, 0.29) is 5.63 Å². The molecule has 1 aromatic carbocycles. The van der Waals surface area contributed by atoms with Gasteiger partial charge in [0.05, 0.1) is 25.5 Å². The van der Waals surface area contributed by atoms with Crippen molar-refractivity contribution in [2.24, 2.45) is 0 Å². The molecule has 0 aliphatic carbocycles. The molecule has 0 spiro atoms. The van der Waals surface area contributed by atoms with Gasteiger partial charge in [0, 0.05) is 0 Å². The van der Waals surface area contributed by atoms with Crippen LogP contribution in [0.15, 0.2) is 39.5 Å². The molecule has 0 aliphatic heterocycles. The summed E-state index contributed by atoms with van der Waals surface area (Å²) in [4.78, 5) is 12.3. The van der Waals surface area contributed by atoms with E-state index in [1.165, 1.54) is 6.07 Å². The molecule has 72 valence electrons. The Morgan fingerprint density at radius 3 is 2.64 bits per heavy atom. The van der Waals surface area contributed by atoms with Crippen LogP contribution in [-0.4, -0.2) is 14.1 Å². The number of hydrogen-bond acceptors (Lipinski definition) is 2. The fourth-order valence-electron chi connectivity index (χ4n) is 1.53. The van der Waals surface area contributed by atoms with Crippen molar-refractivity contribution < 1.29 is 9.32 Å². The molecule has 3 heteroatoms. The Morgan fingerprint density at radius 2 is 1.93 bits per heavy atom. The molecule has 0 saturated heterocycles. The van der Waals surface area contributed by atoms with Crippen LogP contribution < -0.4 is 10.5 Å². The van der Waals surface area contributed by atoms with Crippen molar-refractivity contribution in [1.82, 2.24) is 0 Å². The zero-order chi connectivity index (χ0) is 10.1. The lowest BCUT2D eigenvalue weighted by atomic mass is 10.2. The third-order valence-electron chi connectivity index (χ3n) is 2.19. The Kier molecular flexibility index (Phi) is 2.09. The third kappa shape index (κ3) is 1.42.